The predicted molar refractivity (Wildman–Crippen MR) is 57.3 cm³/mol. The summed E-state index contributed by atoms with van der Waals surface area (Å²) in [6.07, 6.45) is 0. The third kappa shape index (κ3) is 2.40. The van der Waals surface area contributed by atoms with Gasteiger partial charge in [0.05, 0.1) is 12.1 Å². The van der Waals surface area contributed by atoms with Crippen LogP contribution < -0.4 is 10.5 Å². The first-order valence-electron chi connectivity index (χ1n) is 4.29. The summed E-state index contributed by atoms with van der Waals surface area (Å²) in [5.41, 5.74) is 6.70. The normalized spacial score (nSPS) is 12.3. The number of nitrogens with two attached hydrogens (primary N) is 1. The van der Waals surface area contributed by atoms with Gasteiger partial charge in [-0.15, -0.1) is 0 Å². The highest BCUT2D eigenvalue weighted by atomic mass is 35.5. The maximum Gasteiger partial charge on any atom is 0.325 e. The van der Waals surface area contributed by atoms with Gasteiger partial charge in [0.1, 0.15) is 11.8 Å². The summed E-state index contributed by atoms with van der Waals surface area (Å²) in [4.78, 5) is 10.7. The largest absolute Gasteiger partial charge is 0.495 e. The van der Waals surface area contributed by atoms with Crippen molar-refractivity contribution >= 4 is 17.6 Å². The Morgan fingerprint density at radius 3 is 2.67 bits per heavy atom. The molecule has 0 saturated heterocycles. The lowest BCUT2D eigenvalue weighted by atomic mass is 10.0. The summed E-state index contributed by atoms with van der Waals surface area (Å²) >= 11 is 5.95. The average molecular weight is 230 g/mol. The minimum absolute atomic E-state index is 0.248. The van der Waals surface area contributed by atoms with E-state index in [9.17, 15) is 4.79 Å². The van der Waals surface area contributed by atoms with Gasteiger partial charge in [0.25, 0.3) is 0 Å². The molecule has 0 saturated carbocycles. The van der Waals surface area contributed by atoms with E-state index >= 15 is 0 Å². The Hall–Kier alpha value is -1.26. The second-order valence-corrected chi connectivity index (χ2v) is 3.56. The predicted octanol–water partition coefficient (Wildman–Crippen LogP) is 1.74. The molecular weight excluding hydrogens is 218 g/mol. The smallest absolute Gasteiger partial charge is 0.325 e. The van der Waals surface area contributed by atoms with E-state index in [1.165, 1.54) is 7.11 Å². The van der Waals surface area contributed by atoms with Crippen molar-refractivity contribution in [2.75, 3.05) is 7.11 Å². The molecule has 0 aromatic heterocycles. The van der Waals surface area contributed by atoms with Crippen LogP contribution in [0.4, 0.5) is 0 Å². The van der Waals surface area contributed by atoms with Crippen LogP contribution in [0.25, 0.3) is 0 Å². The van der Waals surface area contributed by atoms with Crippen LogP contribution in [0.5, 0.6) is 5.75 Å². The molecule has 3 N–H and O–H groups in total. The summed E-state index contributed by atoms with van der Waals surface area (Å²) in [5, 5.41) is 9.04. The van der Waals surface area contributed by atoms with Gasteiger partial charge in [-0.2, -0.15) is 0 Å². The van der Waals surface area contributed by atoms with Crippen LogP contribution in [0.15, 0.2) is 12.1 Å². The Labute approximate surface area is 92.6 Å². The van der Waals surface area contributed by atoms with Gasteiger partial charge in [-0.1, -0.05) is 17.7 Å². The van der Waals surface area contributed by atoms with Gasteiger partial charge in [0, 0.05) is 5.56 Å². The van der Waals surface area contributed by atoms with E-state index in [1.807, 2.05) is 6.92 Å². The minimum atomic E-state index is -1.13. The first-order chi connectivity index (χ1) is 6.97. The summed E-state index contributed by atoms with van der Waals surface area (Å²) in [5.74, 6) is -0.687. The number of carboxylic acid groups (broad SMARTS) is 1. The van der Waals surface area contributed by atoms with Crippen molar-refractivity contribution in [3.63, 3.8) is 0 Å². The molecule has 0 fully saturated rings. The summed E-state index contributed by atoms with van der Waals surface area (Å²) in [6, 6.07) is 2.23. The highest BCUT2D eigenvalue weighted by Gasteiger charge is 2.20. The lowest BCUT2D eigenvalue weighted by Crippen LogP contribution is -2.21. The van der Waals surface area contributed by atoms with Crippen LogP contribution >= 0.6 is 11.6 Å². The third-order valence-corrected chi connectivity index (χ3v) is 2.44. The van der Waals surface area contributed by atoms with Crippen molar-refractivity contribution in [2.45, 2.75) is 13.0 Å². The van der Waals surface area contributed by atoms with E-state index in [1.54, 1.807) is 12.1 Å². The number of carbonyl (C=O) groups is 1. The van der Waals surface area contributed by atoms with E-state index in [2.05, 4.69) is 0 Å². The fraction of sp³-hybridized carbons (Fsp3) is 0.300. The van der Waals surface area contributed by atoms with Crippen LogP contribution in [0, 0.1) is 6.92 Å². The molecule has 0 amide bonds. The first kappa shape index (κ1) is 11.8. The Bertz CT molecular complexity index is 392. The third-order valence-electron chi connectivity index (χ3n) is 2.03. The second-order valence-electron chi connectivity index (χ2n) is 3.19. The number of aliphatic carboxylic acids is 1. The molecule has 1 unspecified atom stereocenters. The summed E-state index contributed by atoms with van der Waals surface area (Å²) in [7, 11) is 1.47. The molecule has 1 aromatic carbocycles. The van der Waals surface area contributed by atoms with Gasteiger partial charge in [-0.3, -0.25) is 4.79 Å². The number of hydrogen-bond acceptors (Lipinski definition) is 3. The van der Waals surface area contributed by atoms with Crippen LogP contribution in [0.2, 0.25) is 5.02 Å². The molecule has 5 heteroatoms. The molecule has 82 valence electrons. The Morgan fingerprint density at radius 2 is 2.20 bits per heavy atom. The van der Waals surface area contributed by atoms with E-state index in [4.69, 9.17) is 27.2 Å². The molecule has 0 aliphatic rings. The molecule has 15 heavy (non-hydrogen) atoms. The number of aryl methyl sites for hydroxylation is 1. The number of rotatable bonds is 3. The fourth-order valence-electron chi connectivity index (χ4n) is 1.27. The van der Waals surface area contributed by atoms with Gasteiger partial charge in [-0.25, -0.2) is 0 Å². The lowest BCUT2D eigenvalue weighted by molar-refractivity contribution is -0.138. The minimum Gasteiger partial charge on any atom is -0.495 e. The SMILES string of the molecule is COc1cc(C)cc(C(N)C(=O)O)c1Cl. The Balaban J connectivity index is 3.28. The molecule has 0 heterocycles. The molecule has 1 atom stereocenters. The number of benzene rings is 1. The Kier molecular flexibility index (Phi) is 3.55. The van der Waals surface area contributed by atoms with Gasteiger partial charge in [0.2, 0.25) is 0 Å². The molecule has 4 nitrogen and oxygen atoms in total. The van der Waals surface area contributed by atoms with Crippen molar-refractivity contribution in [3.05, 3.63) is 28.3 Å². The van der Waals surface area contributed by atoms with Crippen LogP contribution in [0.3, 0.4) is 0 Å². The molecule has 0 radical (unpaired) electrons. The number of ether oxygens (including phenoxy) is 1. The van der Waals surface area contributed by atoms with Gasteiger partial charge >= 0.3 is 5.97 Å². The van der Waals surface area contributed by atoms with Gasteiger partial charge < -0.3 is 15.6 Å². The van der Waals surface area contributed by atoms with E-state index in [0.717, 1.165) is 5.56 Å². The first-order valence-corrected chi connectivity index (χ1v) is 4.67. The molecule has 0 aliphatic carbocycles. The zero-order valence-corrected chi connectivity index (χ0v) is 9.21. The summed E-state index contributed by atoms with van der Waals surface area (Å²) in [6.45, 7) is 1.82. The highest BCUT2D eigenvalue weighted by molar-refractivity contribution is 6.33. The maximum absolute atomic E-state index is 10.7. The van der Waals surface area contributed by atoms with Crippen LogP contribution in [0.1, 0.15) is 17.2 Å². The quantitative estimate of drug-likeness (QED) is 0.828. The van der Waals surface area contributed by atoms with Crippen molar-refractivity contribution < 1.29 is 14.6 Å². The van der Waals surface area contributed by atoms with Crippen molar-refractivity contribution in [2.24, 2.45) is 5.73 Å². The molecule has 0 spiro atoms. The second kappa shape index (κ2) is 4.51. The topological polar surface area (TPSA) is 72.5 Å². The molecule has 0 bridgehead atoms. The Morgan fingerprint density at radius 1 is 1.60 bits per heavy atom. The highest BCUT2D eigenvalue weighted by Crippen LogP contribution is 2.32. The monoisotopic (exact) mass is 229 g/mol. The van der Waals surface area contributed by atoms with Crippen molar-refractivity contribution in [1.29, 1.82) is 0 Å². The van der Waals surface area contributed by atoms with E-state index in [0.29, 0.717) is 11.3 Å². The molecule has 0 aliphatic heterocycles. The molecular formula is C10H12ClNO3. The average Bonchev–Trinajstić information content (AvgIpc) is 2.19. The zero-order valence-electron chi connectivity index (χ0n) is 8.45. The van der Waals surface area contributed by atoms with Crippen molar-refractivity contribution in [3.8, 4) is 5.75 Å². The van der Waals surface area contributed by atoms with E-state index in [-0.39, 0.29) is 5.02 Å². The zero-order chi connectivity index (χ0) is 11.6. The fourth-order valence-corrected chi connectivity index (χ4v) is 1.57. The molecule has 1 aromatic rings. The van der Waals surface area contributed by atoms with Crippen LogP contribution in [-0.4, -0.2) is 18.2 Å². The van der Waals surface area contributed by atoms with Gasteiger partial charge in [0.15, 0.2) is 0 Å². The van der Waals surface area contributed by atoms with Gasteiger partial charge in [-0.05, 0) is 18.6 Å². The standard InChI is InChI=1S/C10H12ClNO3/c1-5-3-6(9(12)10(13)14)8(11)7(4-5)15-2/h3-4,9H,12H2,1-2H3,(H,13,14). The number of methoxy groups -OCH3 is 1. The number of carboxylic acids is 1. The van der Waals surface area contributed by atoms with E-state index < -0.39 is 12.0 Å². The summed E-state index contributed by atoms with van der Waals surface area (Å²) < 4.78 is 5.02. The molecule has 1 rings (SSSR count). The lowest BCUT2D eigenvalue weighted by Gasteiger charge is -2.13. The number of hydrogen-bond donors (Lipinski definition) is 2. The van der Waals surface area contributed by atoms with Crippen LogP contribution in [-0.2, 0) is 4.79 Å². The van der Waals surface area contributed by atoms with Crippen molar-refractivity contribution in [1.82, 2.24) is 0 Å². The maximum atomic E-state index is 10.7. The number of halogens is 1.